The van der Waals surface area contributed by atoms with Crippen molar-refractivity contribution in [1.29, 1.82) is 0 Å². The Kier molecular flexibility index (Phi) is 17.7. The molecule has 4 nitrogen and oxygen atoms in total. The summed E-state index contributed by atoms with van der Waals surface area (Å²) in [7, 11) is 6.42. The van der Waals surface area contributed by atoms with E-state index in [1.54, 1.807) is 6.92 Å². The smallest absolute Gasteiger partial charge is 0.246 e. The zero-order valence-corrected chi connectivity index (χ0v) is 13.1. The number of nitrogens with zero attached hydrogens (tertiary/aromatic N) is 1. The van der Waals surface area contributed by atoms with E-state index in [1.165, 1.54) is 0 Å². The van der Waals surface area contributed by atoms with Gasteiger partial charge in [-0.2, -0.15) is 0 Å². The number of carbonyl (C=O) groups excluding carboxylic acids is 1. The highest BCUT2D eigenvalue weighted by Gasteiger charge is 2.06. The average Bonchev–Trinajstić information content (AvgIpc) is 1.95. The molecule has 0 radical (unpaired) electrons. The first-order valence-electron chi connectivity index (χ1n) is 4.57. The number of hydrogen-bond donors (Lipinski definition) is 2. The van der Waals surface area contributed by atoms with Crippen LogP contribution < -0.4 is 28.4 Å². The van der Waals surface area contributed by atoms with E-state index in [1.807, 2.05) is 0 Å². The standard InChI is InChI=1S/C10H20N2O.BrH.ClH.H3N/c1-9(2)10(13)11-7-6-8-12(3,4)5;;;/h1,6-8H2,2-5H3;2*1H;1H3. The lowest BCUT2D eigenvalue weighted by Gasteiger charge is -2.23. The summed E-state index contributed by atoms with van der Waals surface area (Å²) in [6.07, 6.45) is 1.00. The summed E-state index contributed by atoms with van der Waals surface area (Å²) in [6, 6.07) is 0. The predicted octanol–water partition coefficient (Wildman–Crippen LogP) is -1.64. The zero-order chi connectivity index (χ0) is 10.5. The van der Waals surface area contributed by atoms with E-state index < -0.39 is 0 Å². The molecule has 0 saturated heterocycles. The fraction of sp³-hybridized carbons (Fsp3) is 0.700. The van der Waals surface area contributed by atoms with Crippen LogP contribution in [0, 0.1) is 0 Å². The second-order valence-electron chi connectivity index (χ2n) is 4.40. The minimum Gasteiger partial charge on any atom is -1.00 e. The number of carbonyl (C=O) groups is 1. The van der Waals surface area contributed by atoms with Gasteiger partial charge < -0.3 is 32.9 Å². The van der Waals surface area contributed by atoms with Crippen molar-refractivity contribution >= 4 is 18.3 Å². The Hall–Kier alpha value is -0.100. The van der Waals surface area contributed by atoms with Gasteiger partial charge in [0, 0.05) is 18.5 Å². The molecule has 0 rings (SSSR count). The first kappa shape index (κ1) is 24.9. The lowest BCUT2D eigenvalue weighted by Crippen LogP contribution is -3.00. The molecule has 6 heteroatoms. The second-order valence-corrected chi connectivity index (χ2v) is 4.40. The van der Waals surface area contributed by atoms with E-state index in [0.717, 1.165) is 24.0 Å². The maximum atomic E-state index is 11.1. The Morgan fingerprint density at radius 3 is 2.06 bits per heavy atom. The summed E-state index contributed by atoms with van der Waals surface area (Å²) in [5, 5.41) is 2.81. The van der Waals surface area contributed by atoms with Crippen LogP contribution in [0.1, 0.15) is 13.3 Å². The molecule has 0 aliphatic heterocycles. The van der Waals surface area contributed by atoms with Crippen molar-refractivity contribution in [2.24, 2.45) is 0 Å². The van der Waals surface area contributed by atoms with Gasteiger partial charge in [-0.3, -0.25) is 4.79 Å². The maximum Gasteiger partial charge on any atom is 0.246 e. The van der Waals surface area contributed by atoms with Crippen molar-refractivity contribution in [3.05, 3.63) is 12.2 Å². The van der Waals surface area contributed by atoms with Crippen LogP contribution in [0.5, 0.6) is 0 Å². The summed E-state index contributed by atoms with van der Waals surface area (Å²) >= 11 is 0. The first-order chi connectivity index (χ1) is 5.83. The third-order valence-corrected chi connectivity index (χ3v) is 1.68. The molecule has 0 spiro atoms. The Balaban J connectivity index is -0.000000240. The van der Waals surface area contributed by atoms with Gasteiger partial charge in [-0.1, -0.05) is 6.58 Å². The molecule has 16 heavy (non-hydrogen) atoms. The van der Waals surface area contributed by atoms with Crippen LogP contribution in [0.3, 0.4) is 0 Å². The van der Waals surface area contributed by atoms with Crippen molar-refractivity contribution in [1.82, 2.24) is 11.5 Å². The van der Waals surface area contributed by atoms with Gasteiger partial charge in [-0.25, -0.2) is 0 Å². The van der Waals surface area contributed by atoms with Crippen LogP contribution in [0.4, 0.5) is 0 Å². The third kappa shape index (κ3) is 16.3. The van der Waals surface area contributed by atoms with Crippen LogP contribution in [-0.4, -0.2) is 44.6 Å². The lowest BCUT2D eigenvalue weighted by molar-refractivity contribution is -0.870. The van der Waals surface area contributed by atoms with Gasteiger partial charge in [0.25, 0.3) is 0 Å². The molecule has 0 unspecified atom stereocenters. The SMILES string of the molecule is C=C(C)C(=O)NCCC[N+](C)(C)C.Cl.N.[Br-]. The number of halogens is 2. The van der Waals surface area contributed by atoms with Crippen molar-refractivity contribution in [2.45, 2.75) is 13.3 Å². The van der Waals surface area contributed by atoms with Crippen LogP contribution in [0.2, 0.25) is 0 Å². The number of amides is 1. The van der Waals surface area contributed by atoms with Gasteiger partial charge in [-0.05, 0) is 6.92 Å². The molecule has 0 aromatic carbocycles. The van der Waals surface area contributed by atoms with E-state index in [0.29, 0.717) is 5.57 Å². The van der Waals surface area contributed by atoms with Crippen molar-refractivity contribution < 1.29 is 26.3 Å². The van der Waals surface area contributed by atoms with Crippen LogP contribution in [0.15, 0.2) is 12.2 Å². The Labute approximate surface area is 116 Å². The fourth-order valence-corrected chi connectivity index (χ4v) is 0.906. The van der Waals surface area contributed by atoms with Gasteiger partial charge in [0.1, 0.15) is 0 Å². The van der Waals surface area contributed by atoms with Gasteiger partial charge in [0.2, 0.25) is 5.91 Å². The van der Waals surface area contributed by atoms with Crippen LogP contribution >= 0.6 is 12.4 Å². The Morgan fingerprint density at radius 1 is 1.31 bits per heavy atom. The first-order valence-corrected chi connectivity index (χ1v) is 4.57. The molecule has 0 bridgehead atoms. The summed E-state index contributed by atoms with van der Waals surface area (Å²) in [5.41, 5.74) is 0.574. The summed E-state index contributed by atoms with van der Waals surface area (Å²) in [4.78, 5) is 11.1. The molecule has 0 aliphatic carbocycles. The molecule has 1 amide bonds. The maximum absolute atomic E-state index is 11.1. The molecule has 0 aromatic heterocycles. The summed E-state index contributed by atoms with van der Waals surface area (Å²) < 4.78 is 0.933. The van der Waals surface area contributed by atoms with Gasteiger partial charge in [0.15, 0.2) is 0 Å². The largest absolute Gasteiger partial charge is 1.00 e. The van der Waals surface area contributed by atoms with Gasteiger partial charge in [-0.15, -0.1) is 12.4 Å². The fourth-order valence-electron chi connectivity index (χ4n) is 0.906. The molecule has 0 aliphatic rings. The van der Waals surface area contributed by atoms with E-state index >= 15 is 0 Å². The normalized spacial score (nSPS) is 9.00. The monoisotopic (exact) mass is 317 g/mol. The summed E-state index contributed by atoms with van der Waals surface area (Å²) in [6.45, 7) is 7.09. The number of quaternary nitrogens is 1. The minimum atomic E-state index is -0.0404. The molecule has 100 valence electrons. The van der Waals surface area contributed by atoms with Crippen LogP contribution in [-0.2, 0) is 4.79 Å². The molecule has 4 N–H and O–H groups in total. The molecule has 0 atom stereocenters. The molecule has 0 heterocycles. The van der Waals surface area contributed by atoms with E-state index in [4.69, 9.17) is 0 Å². The molecule has 0 aromatic rings. The third-order valence-electron chi connectivity index (χ3n) is 1.68. The van der Waals surface area contributed by atoms with Crippen molar-refractivity contribution in [2.75, 3.05) is 34.2 Å². The number of rotatable bonds is 5. The Bertz CT molecular complexity index is 205. The Morgan fingerprint density at radius 2 is 1.75 bits per heavy atom. The van der Waals surface area contributed by atoms with E-state index in [2.05, 4.69) is 33.0 Å². The lowest BCUT2D eigenvalue weighted by atomic mass is 10.3. The topological polar surface area (TPSA) is 64.1 Å². The average molecular weight is 319 g/mol. The highest BCUT2D eigenvalue weighted by Crippen LogP contribution is 1.92. The predicted molar refractivity (Wildman–Crippen MR) is 67.6 cm³/mol. The highest BCUT2D eigenvalue weighted by molar-refractivity contribution is 5.91. The van der Waals surface area contributed by atoms with E-state index in [9.17, 15) is 4.79 Å². The molecular weight excluding hydrogens is 293 g/mol. The quantitative estimate of drug-likeness (QED) is 0.363. The molecular formula is C10H25BrClN3O. The van der Waals surface area contributed by atoms with E-state index in [-0.39, 0.29) is 41.4 Å². The van der Waals surface area contributed by atoms with Gasteiger partial charge in [0.05, 0.1) is 27.7 Å². The summed E-state index contributed by atoms with van der Waals surface area (Å²) in [5.74, 6) is -0.0404. The van der Waals surface area contributed by atoms with Gasteiger partial charge >= 0.3 is 0 Å². The van der Waals surface area contributed by atoms with Crippen molar-refractivity contribution in [3.8, 4) is 0 Å². The number of hydrogen-bond acceptors (Lipinski definition) is 2. The highest BCUT2D eigenvalue weighted by atomic mass is 79.9. The molecule has 0 saturated carbocycles. The second kappa shape index (κ2) is 11.4. The van der Waals surface area contributed by atoms with Crippen molar-refractivity contribution in [3.63, 3.8) is 0 Å². The van der Waals surface area contributed by atoms with Crippen LogP contribution in [0.25, 0.3) is 0 Å². The molecule has 0 fully saturated rings. The zero-order valence-electron chi connectivity index (χ0n) is 10.7. The minimum absolute atomic E-state index is 0. The number of nitrogens with one attached hydrogen (secondary N) is 1.